The van der Waals surface area contributed by atoms with Crippen molar-refractivity contribution in [1.29, 1.82) is 0 Å². The molecular weight excluding hydrogens is 274 g/mol. The molecule has 15 heavy (non-hydrogen) atoms. The second kappa shape index (κ2) is 4.96. The largest absolute Gasteiger partial charge is 0.467 e. The zero-order valence-electron chi connectivity index (χ0n) is 8.37. The summed E-state index contributed by atoms with van der Waals surface area (Å²) in [7, 11) is 0. The number of halogens is 1. The van der Waals surface area contributed by atoms with E-state index in [-0.39, 0.29) is 6.04 Å². The molecule has 1 atom stereocenters. The first-order valence-electron chi connectivity index (χ1n) is 4.82. The molecule has 0 fully saturated rings. The summed E-state index contributed by atoms with van der Waals surface area (Å²) in [5.74, 6) is 0.958. The highest BCUT2D eigenvalue weighted by molar-refractivity contribution is 9.10. The van der Waals surface area contributed by atoms with E-state index in [1.54, 1.807) is 17.6 Å². The number of hydrogen-bond acceptors (Lipinski definition) is 3. The van der Waals surface area contributed by atoms with Crippen molar-refractivity contribution < 1.29 is 4.42 Å². The van der Waals surface area contributed by atoms with Crippen LogP contribution in [0.15, 0.2) is 38.7 Å². The van der Waals surface area contributed by atoms with Crippen molar-refractivity contribution >= 4 is 27.3 Å². The summed E-state index contributed by atoms with van der Waals surface area (Å²) in [6.45, 7) is 3.01. The molecule has 1 N–H and O–H groups in total. The molecule has 0 aliphatic heterocycles. The normalized spacial score (nSPS) is 12.9. The molecule has 0 spiro atoms. The third kappa shape index (κ3) is 2.33. The Labute approximate surface area is 101 Å². The van der Waals surface area contributed by atoms with Crippen LogP contribution in [-0.4, -0.2) is 6.54 Å². The Kier molecular flexibility index (Phi) is 3.61. The maximum Gasteiger partial charge on any atom is 0.126 e. The van der Waals surface area contributed by atoms with Crippen molar-refractivity contribution in [3.8, 4) is 0 Å². The highest BCUT2D eigenvalue weighted by Gasteiger charge is 2.19. The van der Waals surface area contributed by atoms with Gasteiger partial charge in [0.1, 0.15) is 11.8 Å². The molecule has 4 heteroatoms. The summed E-state index contributed by atoms with van der Waals surface area (Å²) in [5, 5.41) is 5.49. The van der Waals surface area contributed by atoms with Gasteiger partial charge in [-0.25, -0.2) is 0 Å². The predicted molar refractivity (Wildman–Crippen MR) is 66.2 cm³/mol. The number of thiophene rings is 1. The summed E-state index contributed by atoms with van der Waals surface area (Å²) in [5.41, 5.74) is 0. The first-order valence-corrected chi connectivity index (χ1v) is 6.50. The van der Waals surface area contributed by atoms with Crippen LogP contribution >= 0.6 is 27.3 Å². The summed E-state index contributed by atoms with van der Waals surface area (Å²) in [6, 6.07) is 6.13. The van der Waals surface area contributed by atoms with Gasteiger partial charge in [0.15, 0.2) is 0 Å². The van der Waals surface area contributed by atoms with Crippen LogP contribution in [0.3, 0.4) is 0 Å². The summed E-state index contributed by atoms with van der Waals surface area (Å²) < 4.78 is 6.58. The van der Waals surface area contributed by atoms with Crippen LogP contribution in [0.25, 0.3) is 0 Å². The van der Waals surface area contributed by atoms with Gasteiger partial charge in [0.2, 0.25) is 0 Å². The summed E-state index contributed by atoms with van der Waals surface area (Å²) >= 11 is 5.28. The molecule has 2 nitrogen and oxygen atoms in total. The second-order valence-electron chi connectivity index (χ2n) is 3.14. The van der Waals surface area contributed by atoms with Crippen LogP contribution in [0.5, 0.6) is 0 Å². The van der Waals surface area contributed by atoms with Crippen molar-refractivity contribution in [2.24, 2.45) is 0 Å². The molecule has 0 saturated heterocycles. The van der Waals surface area contributed by atoms with Gasteiger partial charge < -0.3 is 9.73 Å². The number of nitrogens with one attached hydrogen (secondary N) is 1. The number of hydrogen-bond donors (Lipinski definition) is 1. The van der Waals surface area contributed by atoms with E-state index in [9.17, 15) is 0 Å². The molecule has 0 aromatic carbocycles. The highest BCUT2D eigenvalue weighted by Crippen LogP contribution is 2.33. The lowest BCUT2D eigenvalue weighted by Crippen LogP contribution is -2.20. The van der Waals surface area contributed by atoms with Crippen LogP contribution < -0.4 is 5.32 Å². The van der Waals surface area contributed by atoms with E-state index in [1.165, 1.54) is 4.88 Å². The van der Waals surface area contributed by atoms with Crippen molar-refractivity contribution in [3.63, 3.8) is 0 Å². The molecule has 0 amide bonds. The average Bonchev–Trinajstić information content (AvgIpc) is 2.85. The van der Waals surface area contributed by atoms with Crippen molar-refractivity contribution in [2.75, 3.05) is 6.54 Å². The van der Waals surface area contributed by atoms with Gasteiger partial charge in [-0.05, 0) is 46.1 Å². The Balaban J connectivity index is 2.32. The van der Waals surface area contributed by atoms with Crippen LogP contribution in [0.4, 0.5) is 0 Å². The number of furan rings is 1. The minimum absolute atomic E-state index is 0.152. The zero-order valence-corrected chi connectivity index (χ0v) is 10.8. The monoisotopic (exact) mass is 285 g/mol. The Morgan fingerprint density at radius 1 is 1.53 bits per heavy atom. The minimum Gasteiger partial charge on any atom is -0.467 e. The van der Waals surface area contributed by atoms with Gasteiger partial charge in [-0.3, -0.25) is 0 Å². The van der Waals surface area contributed by atoms with Crippen LogP contribution in [-0.2, 0) is 0 Å². The molecule has 0 bridgehead atoms. The lowest BCUT2D eigenvalue weighted by Gasteiger charge is -2.14. The summed E-state index contributed by atoms with van der Waals surface area (Å²) in [6.07, 6.45) is 1.71. The van der Waals surface area contributed by atoms with Crippen LogP contribution in [0.1, 0.15) is 23.6 Å². The maximum atomic E-state index is 5.45. The Morgan fingerprint density at radius 3 is 2.93 bits per heavy atom. The van der Waals surface area contributed by atoms with Crippen LogP contribution in [0.2, 0.25) is 0 Å². The van der Waals surface area contributed by atoms with E-state index in [1.807, 2.05) is 12.1 Å². The smallest absolute Gasteiger partial charge is 0.126 e. The molecule has 80 valence electrons. The minimum atomic E-state index is 0.152. The van der Waals surface area contributed by atoms with Gasteiger partial charge in [-0.15, -0.1) is 11.3 Å². The molecule has 2 rings (SSSR count). The lowest BCUT2D eigenvalue weighted by atomic mass is 10.2. The van der Waals surface area contributed by atoms with Crippen molar-refractivity contribution in [1.82, 2.24) is 5.32 Å². The van der Waals surface area contributed by atoms with E-state index in [2.05, 4.69) is 39.6 Å². The topological polar surface area (TPSA) is 25.2 Å². The van der Waals surface area contributed by atoms with E-state index in [4.69, 9.17) is 4.42 Å². The quantitative estimate of drug-likeness (QED) is 0.924. The summed E-state index contributed by atoms with van der Waals surface area (Å²) in [4.78, 5) is 1.26. The first kappa shape index (κ1) is 10.9. The van der Waals surface area contributed by atoms with Crippen molar-refractivity contribution in [3.05, 3.63) is 45.0 Å². The Hall–Kier alpha value is -0.580. The third-order valence-electron chi connectivity index (χ3n) is 2.14. The number of rotatable bonds is 4. The predicted octanol–water partition coefficient (Wildman–Crippen LogP) is 3.80. The molecule has 0 radical (unpaired) electrons. The van der Waals surface area contributed by atoms with Gasteiger partial charge in [0, 0.05) is 9.35 Å². The average molecular weight is 286 g/mol. The molecular formula is C11H12BrNOS. The Morgan fingerprint density at radius 2 is 2.40 bits per heavy atom. The molecule has 1 unspecified atom stereocenters. The van der Waals surface area contributed by atoms with Gasteiger partial charge in [0.25, 0.3) is 0 Å². The van der Waals surface area contributed by atoms with Gasteiger partial charge in [-0.2, -0.15) is 0 Å². The van der Waals surface area contributed by atoms with Gasteiger partial charge in [-0.1, -0.05) is 6.92 Å². The molecule has 0 saturated carbocycles. The molecule has 2 heterocycles. The van der Waals surface area contributed by atoms with Gasteiger partial charge >= 0.3 is 0 Å². The first-order chi connectivity index (χ1) is 7.33. The highest BCUT2D eigenvalue weighted by atomic mass is 79.9. The second-order valence-corrected chi connectivity index (χ2v) is 4.94. The third-order valence-corrected chi connectivity index (χ3v) is 4.08. The van der Waals surface area contributed by atoms with E-state index >= 15 is 0 Å². The fourth-order valence-corrected chi connectivity index (χ4v) is 3.18. The lowest BCUT2D eigenvalue weighted by molar-refractivity contribution is 0.455. The SMILES string of the molecule is CCNC(c1ccco1)c1sccc1Br. The zero-order chi connectivity index (χ0) is 10.7. The molecule has 2 aromatic heterocycles. The van der Waals surface area contributed by atoms with Gasteiger partial charge in [0.05, 0.1) is 6.26 Å². The fraction of sp³-hybridized carbons (Fsp3) is 0.273. The molecule has 2 aromatic rings. The fourth-order valence-electron chi connectivity index (χ4n) is 1.49. The van der Waals surface area contributed by atoms with E-state index < -0.39 is 0 Å². The van der Waals surface area contributed by atoms with Crippen molar-refractivity contribution in [2.45, 2.75) is 13.0 Å². The van der Waals surface area contributed by atoms with Crippen LogP contribution in [0, 0.1) is 0 Å². The standard InChI is InChI=1S/C11H12BrNOS/c1-2-13-10(9-4-3-6-14-9)11-8(12)5-7-15-11/h3-7,10,13H,2H2,1H3. The van der Waals surface area contributed by atoms with E-state index in [0.29, 0.717) is 0 Å². The molecule has 0 aliphatic rings. The Bertz CT molecular complexity index is 410. The molecule has 0 aliphatic carbocycles. The van der Waals surface area contributed by atoms with E-state index in [0.717, 1.165) is 16.8 Å². The maximum absolute atomic E-state index is 5.45.